The van der Waals surface area contributed by atoms with Gasteiger partial charge in [0.05, 0.1) is 10.4 Å². The third-order valence-corrected chi connectivity index (χ3v) is 22.7. The van der Waals surface area contributed by atoms with Gasteiger partial charge in [0.15, 0.2) is 0 Å². The first-order valence-electron chi connectivity index (χ1n) is 36.9. The molecule has 20 rings (SSSR count). The number of furan rings is 1. The highest BCUT2D eigenvalue weighted by Gasteiger charge is 2.22. The van der Waals surface area contributed by atoms with Gasteiger partial charge in [-0.2, -0.15) is 0 Å². The maximum atomic E-state index is 6.49. The minimum Gasteiger partial charge on any atom is -0.456 e. The number of nitrogens with zero attached hydrogens (tertiary/aromatic N) is 2. The maximum Gasteiger partial charge on any atom is 0.137 e. The summed E-state index contributed by atoms with van der Waals surface area (Å²) in [6.07, 6.45) is 0. The standard InChI is InChI=1S/C104H68N2OS/c1-2-19-69(20-3-1)75-23-10-24-76(63-75)70-45-53-85(54-46-70)105(89-61-62-97-96-34-6-8-43-101(96)107-102(97)68-89)86-55-47-72(48-56-86)79-27-13-31-83(66-79)92-37-16-40-95-93(38-17-39-94(92)95)84-32-14-29-81(67-84)80-28-11-25-77(64-80)71-49-57-87(58-50-71)106(100-42-18-41-99-98-35-7-9-44-103(98)108-104(99)100)88-59-51-73(52-60-88)78-26-12-30-82(65-78)91-36-15-22-74-21-4-5-33-90(74)91/h1-68H. The van der Waals surface area contributed by atoms with Crippen LogP contribution in [-0.4, -0.2) is 0 Å². The van der Waals surface area contributed by atoms with Crippen LogP contribution in [0.5, 0.6) is 0 Å². The molecule has 0 aliphatic carbocycles. The fourth-order valence-corrected chi connectivity index (χ4v) is 17.3. The normalized spacial score (nSPS) is 11.5. The molecule has 506 valence electrons. The Morgan fingerprint density at radius 1 is 0.185 bits per heavy atom. The van der Waals surface area contributed by atoms with Crippen molar-refractivity contribution >= 4 is 109 Å². The summed E-state index contributed by atoms with van der Waals surface area (Å²) >= 11 is 1.86. The first-order chi connectivity index (χ1) is 53.5. The van der Waals surface area contributed by atoms with E-state index in [1.807, 2.05) is 23.5 Å². The van der Waals surface area contributed by atoms with Gasteiger partial charge < -0.3 is 14.2 Å². The molecule has 2 aromatic heterocycles. The second kappa shape index (κ2) is 27.3. The fourth-order valence-electron chi connectivity index (χ4n) is 16.1. The molecule has 2 heterocycles. The second-order valence-electron chi connectivity index (χ2n) is 27.9. The van der Waals surface area contributed by atoms with E-state index in [1.165, 1.54) is 108 Å². The number of fused-ring (bicyclic) bond motifs is 8. The molecule has 0 radical (unpaired) electrons. The van der Waals surface area contributed by atoms with Gasteiger partial charge in [0.1, 0.15) is 11.2 Å². The van der Waals surface area contributed by atoms with E-state index in [-0.39, 0.29) is 0 Å². The molecule has 4 heteroatoms. The van der Waals surface area contributed by atoms with E-state index in [9.17, 15) is 0 Å². The summed E-state index contributed by atoms with van der Waals surface area (Å²) in [4.78, 5) is 4.76. The molecule has 3 nitrogen and oxygen atoms in total. The molecule has 20 aromatic rings. The SMILES string of the molecule is c1ccc(-c2cccc(-c3ccc(N(c4ccc(-c5cccc(-c6cccc7c(-c8cccc(-c9cccc(-c%10ccc(N(c%11ccc(-c%12cccc(-c%13cccc%14ccccc%13%14)c%12)cc%11)c%11cccc%12c%11sc%11ccccc%11%12)cc%10)c9)c8)cccc67)c5)cc4)c4ccc5c(c4)oc4ccccc45)cc3)c2)cc1. The number of thiophene rings is 1. The lowest BCUT2D eigenvalue weighted by Gasteiger charge is -2.26. The van der Waals surface area contributed by atoms with Crippen molar-refractivity contribution < 1.29 is 4.42 Å². The Bertz CT molecular complexity index is 6790. The van der Waals surface area contributed by atoms with Gasteiger partial charge in [0.2, 0.25) is 0 Å². The lowest BCUT2D eigenvalue weighted by atomic mass is 9.90. The molecular weight excluding hydrogens is 1330 g/mol. The van der Waals surface area contributed by atoms with Gasteiger partial charge in [-0.15, -0.1) is 11.3 Å². The number of hydrogen-bond donors (Lipinski definition) is 0. The van der Waals surface area contributed by atoms with E-state index in [0.29, 0.717) is 0 Å². The van der Waals surface area contributed by atoms with E-state index in [4.69, 9.17) is 4.42 Å². The molecule has 0 aliphatic heterocycles. The molecule has 0 fully saturated rings. The molecule has 18 aromatic carbocycles. The van der Waals surface area contributed by atoms with Crippen LogP contribution in [-0.2, 0) is 0 Å². The zero-order valence-corrected chi connectivity index (χ0v) is 59.8. The van der Waals surface area contributed by atoms with E-state index < -0.39 is 0 Å². The van der Waals surface area contributed by atoms with Gasteiger partial charge in [-0.25, -0.2) is 0 Å². The summed E-state index contributed by atoms with van der Waals surface area (Å²) in [5.74, 6) is 0. The Balaban J connectivity index is 0.581. The van der Waals surface area contributed by atoms with Gasteiger partial charge in [-0.05, 0) is 231 Å². The monoisotopic (exact) mass is 1390 g/mol. The Hall–Kier alpha value is -13.9. The minimum absolute atomic E-state index is 0.854. The largest absolute Gasteiger partial charge is 0.456 e. The van der Waals surface area contributed by atoms with Crippen molar-refractivity contribution in [2.24, 2.45) is 0 Å². The van der Waals surface area contributed by atoms with Crippen LogP contribution in [0.25, 0.3) is 164 Å². The molecule has 0 amide bonds. The second-order valence-corrected chi connectivity index (χ2v) is 28.9. The molecular formula is C104H68N2OS. The molecule has 108 heavy (non-hydrogen) atoms. The van der Waals surface area contributed by atoms with E-state index in [0.717, 1.165) is 89.4 Å². The highest BCUT2D eigenvalue weighted by molar-refractivity contribution is 7.26. The molecule has 0 atom stereocenters. The molecule has 0 spiro atoms. The number of rotatable bonds is 15. The molecule has 0 bridgehead atoms. The van der Waals surface area contributed by atoms with Crippen molar-refractivity contribution in [1.82, 2.24) is 0 Å². The summed E-state index contributed by atoms with van der Waals surface area (Å²) in [6, 6.07) is 151. The summed E-state index contributed by atoms with van der Waals surface area (Å²) < 4.78 is 9.03. The number of benzene rings is 18. The van der Waals surface area contributed by atoms with Gasteiger partial charge >= 0.3 is 0 Å². The van der Waals surface area contributed by atoms with Gasteiger partial charge in [0, 0.05) is 60.7 Å². The van der Waals surface area contributed by atoms with Crippen molar-refractivity contribution in [1.29, 1.82) is 0 Å². The van der Waals surface area contributed by atoms with Gasteiger partial charge in [-0.1, -0.05) is 297 Å². The van der Waals surface area contributed by atoms with Crippen LogP contribution < -0.4 is 9.80 Å². The third-order valence-electron chi connectivity index (χ3n) is 21.5. The predicted molar refractivity (Wildman–Crippen MR) is 460 cm³/mol. The minimum atomic E-state index is 0.854. The summed E-state index contributed by atoms with van der Waals surface area (Å²) in [5.41, 5.74) is 29.4. The van der Waals surface area contributed by atoms with Gasteiger partial charge in [-0.3, -0.25) is 0 Å². The molecule has 0 saturated heterocycles. The van der Waals surface area contributed by atoms with Crippen LogP contribution in [0.1, 0.15) is 0 Å². The van der Waals surface area contributed by atoms with Crippen LogP contribution in [0.4, 0.5) is 34.1 Å². The van der Waals surface area contributed by atoms with Crippen molar-refractivity contribution in [3.8, 4) is 100 Å². The smallest absolute Gasteiger partial charge is 0.137 e. The highest BCUT2D eigenvalue weighted by Crippen LogP contribution is 2.48. The molecule has 0 unspecified atom stereocenters. The zero-order valence-electron chi connectivity index (χ0n) is 59.0. The fraction of sp³-hybridized carbons (Fsp3) is 0. The Labute approximate surface area is 631 Å². The Morgan fingerprint density at radius 3 is 1.05 bits per heavy atom. The van der Waals surface area contributed by atoms with E-state index >= 15 is 0 Å². The van der Waals surface area contributed by atoms with Crippen LogP contribution in [0.3, 0.4) is 0 Å². The Morgan fingerprint density at radius 2 is 0.519 bits per heavy atom. The van der Waals surface area contributed by atoms with Crippen molar-refractivity contribution in [2.75, 3.05) is 9.80 Å². The van der Waals surface area contributed by atoms with E-state index in [2.05, 4.69) is 410 Å². The first kappa shape index (κ1) is 63.8. The van der Waals surface area contributed by atoms with Crippen LogP contribution in [0.15, 0.2) is 417 Å². The van der Waals surface area contributed by atoms with Crippen LogP contribution in [0, 0.1) is 0 Å². The van der Waals surface area contributed by atoms with E-state index in [1.54, 1.807) is 0 Å². The van der Waals surface area contributed by atoms with Crippen molar-refractivity contribution in [3.63, 3.8) is 0 Å². The lowest BCUT2D eigenvalue weighted by Crippen LogP contribution is -2.10. The lowest BCUT2D eigenvalue weighted by molar-refractivity contribution is 0.669. The Kier molecular flexibility index (Phi) is 16.1. The topological polar surface area (TPSA) is 19.6 Å². The van der Waals surface area contributed by atoms with Crippen LogP contribution >= 0.6 is 11.3 Å². The maximum absolute atomic E-state index is 6.49. The number of anilines is 6. The first-order valence-corrected chi connectivity index (χ1v) is 37.7. The van der Waals surface area contributed by atoms with Gasteiger partial charge in [0.25, 0.3) is 0 Å². The summed E-state index contributed by atoms with van der Waals surface area (Å²) in [6.45, 7) is 0. The number of hydrogen-bond acceptors (Lipinski definition) is 4. The molecule has 0 saturated carbocycles. The van der Waals surface area contributed by atoms with Crippen LogP contribution in [0.2, 0.25) is 0 Å². The zero-order chi connectivity index (χ0) is 71.4. The highest BCUT2D eigenvalue weighted by atomic mass is 32.1. The average molecular weight is 1390 g/mol. The average Bonchev–Trinajstić information content (AvgIpc) is 1.66. The quantitative estimate of drug-likeness (QED) is 0.102. The molecule has 0 aliphatic rings. The molecule has 0 N–H and O–H groups in total. The van der Waals surface area contributed by atoms with Crippen molar-refractivity contribution in [2.45, 2.75) is 0 Å². The third kappa shape index (κ3) is 11.8. The van der Waals surface area contributed by atoms with Crippen molar-refractivity contribution in [3.05, 3.63) is 413 Å². The number of para-hydroxylation sites is 1. The summed E-state index contributed by atoms with van der Waals surface area (Å²) in [5, 5.41) is 9.69. The predicted octanol–water partition coefficient (Wildman–Crippen LogP) is 30.2. The summed E-state index contributed by atoms with van der Waals surface area (Å²) in [7, 11) is 0.